The highest BCUT2D eigenvalue weighted by molar-refractivity contribution is 8.00. The van der Waals surface area contributed by atoms with Crippen molar-refractivity contribution in [1.29, 1.82) is 0 Å². The number of carbonyl (C=O) groups is 1. The Morgan fingerprint density at radius 2 is 1.96 bits per heavy atom. The molecule has 0 atom stereocenters. The van der Waals surface area contributed by atoms with Crippen molar-refractivity contribution in [3.05, 3.63) is 65.9 Å². The second-order valence-corrected chi connectivity index (χ2v) is 7.75. The summed E-state index contributed by atoms with van der Waals surface area (Å²) in [6.07, 6.45) is 3.20. The molecule has 4 aromatic rings. The molecule has 1 aromatic carbocycles. The van der Waals surface area contributed by atoms with Gasteiger partial charge in [0.15, 0.2) is 0 Å². The van der Waals surface area contributed by atoms with Crippen molar-refractivity contribution in [2.45, 2.75) is 11.9 Å². The van der Waals surface area contributed by atoms with Crippen LogP contribution in [0.5, 0.6) is 0 Å². The SMILES string of the molecule is Cc1ccc(-c2csc3ncnc(SCC(=O)Nc4ccccn4)c23)cc1. The topological polar surface area (TPSA) is 67.8 Å². The van der Waals surface area contributed by atoms with Gasteiger partial charge in [-0.05, 0) is 24.6 Å². The zero-order valence-corrected chi connectivity index (χ0v) is 16.2. The number of benzene rings is 1. The number of nitrogens with one attached hydrogen (secondary N) is 1. The molecule has 1 N–H and O–H groups in total. The molecule has 0 saturated heterocycles. The van der Waals surface area contributed by atoms with Gasteiger partial charge in [0.1, 0.15) is 22.0 Å². The molecule has 27 heavy (non-hydrogen) atoms. The third kappa shape index (κ3) is 3.99. The average molecular weight is 393 g/mol. The van der Waals surface area contributed by atoms with E-state index in [-0.39, 0.29) is 11.7 Å². The third-order valence-corrected chi connectivity index (χ3v) is 5.85. The number of pyridine rings is 1. The summed E-state index contributed by atoms with van der Waals surface area (Å²) in [5.74, 6) is 0.690. The summed E-state index contributed by atoms with van der Waals surface area (Å²) in [5.41, 5.74) is 3.44. The van der Waals surface area contributed by atoms with Crippen LogP contribution in [0.15, 0.2) is 65.4 Å². The molecule has 5 nitrogen and oxygen atoms in total. The van der Waals surface area contributed by atoms with Crippen LogP contribution in [-0.2, 0) is 4.79 Å². The van der Waals surface area contributed by atoms with Crippen LogP contribution in [0.25, 0.3) is 21.3 Å². The largest absolute Gasteiger partial charge is 0.310 e. The van der Waals surface area contributed by atoms with Crippen molar-refractivity contribution >= 4 is 45.0 Å². The van der Waals surface area contributed by atoms with E-state index in [0.29, 0.717) is 5.82 Å². The highest BCUT2D eigenvalue weighted by Crippen LogP contribution is 2.37. The van der Waals surface area contributed by atoms with E-state index in [4.69, 9.17) is 0 Å². The Labute approximate surface area is 164 Å². The lowest BCUT2D eigenvalue weighted by Gasteiger charge is -2.06. The quantitative estimate of drug-likeness (QED) is 0.391. The normalized spacial score (nSPS) is 10.9. The van der Waals surface area contributed by atoms with Crippen molar-refractivity contribution < 1.29 is 4.79 Å². The molecule has 1 amide bonds. The fourth-order valence-electron chi connectivity index (χ4n) is 2.65. The number of hydrogen-bond acceptors (Lipinski definition) is 6. The molecular formula is C20H16N4OS2. The zero-order valence-electron chi connectivity index (χ0n) is 14.5. The molecule has 0 radical (unpaired) electrons. The number of nitrogens with zero attached hydrogens (tertiary/aromatic N) is 3. The number of aryl methyl sites for hydroxylation is 1. The van der Waals surface area contributed by atoms with E-state index in [1.807, 2.05) is 12.1 Å². The van der Waals surface area contributed by atoms with Crippen LogP contribution >= 0.6 is 23.1 Å². The first-order valence-electron chi connectivity index (χ1n) is 8.33. The highest BCUT2D eigenvalue weighted by Gasteiger charge is 2.15. The number of hydrogen-bond donors (Lipinski definition) is 1. The summed E-state index contributed by atoms with van der Waals surface area (Å²) in [4.78, 5) is 26.1. The summed E-state index contributed by atoms with van der Waals surface area (Å²) >= 11 is 3.00. The van der Waals surface area contributed by atoms with Crippen LogP contribution in [0, 0.1) is 6.92 Å². The lowest BCUT2D eigenvalue weighted by Crippen LogP contribution is -2.14. The van der Waals surface area contributed by atoms with Crippen LogP contribution in [-0.4, -0.2) is 26.6 Å². The lowest BCUT2D eigenvalue weighted by molar-refractivity contribution is -0.113. The predicted octanol–water partition coefficient (Wildman–Crippen LogP) is 4.79. The van der Waals surface area contributed by atoms with E-state index in [0.717, 1.165) is 26.4 Å². The standard InChI is InChI=1S/C20H16N4OS2/c1-13-5-7-14(8-6-13)15-10-26-19-18(15)20(23-12-22-19)27-11-17(25)24-16-4-2-3-9-21-16/h2-10,12H,11H2,1H3,(H,21,24,25). The number of carbonyl (C=O) groups excluding carboxylic acids is 1. The predicted molar refractivity (Wildman–Crippen MR) is 111 cm³/mol. The fourth-order valence-corrected chi connectivity index (χ4v) is 4.45. The maximum Gasteiger partial charge on any atom is 0.235 e. The molecule has 0 spiro atoms. The maximum absolute atomic E-state index is 12.2. The Morgan fingerprint density at radius 3 is 2.74 bits per heavy atom. The van der Waals surface area contributed by atoms with Gasteiger partial charge in [-0.3, -0.25) is 4.79 Å². The smallest absolute Gasteiger partial charge is 0.235 e. The molecule has 0 fully saturated rings. The van der Waals surface area contributed by atoms with Crippen molar-refractivity contribution in [3.8, 4) is 11.1 Å². The average Bonchev–Trinajstić information content (AvgIpc) is 3.12. The van der Waals surface area contributed by atoms with E-state index in [1.54, 1.807) is 29.9 Å². The van der Waals surface area contributed by atoms with Crippen LogP contribution in [0.2, 0.25) is 0 Å². The van der Waals surface area contributed by atoms with Crippen LogP contribution in [0.4, 0.5) is 5.82 Å². The lowest BCUT2D eigenvalue weighted by atomic mass is 10.1. The minimum Gasteiger partial charge on any atom is -0.310 e. The summed E-state index contributed by atoms with van der Waals surface area (Å²) in [6, 6.07) is 13.8. The first kappa shape index (κ1) is 17.6. The number of fused-ring (bicyclic) bond motifs is 1. The first-order chi connectivity index (χ1) is 13.2. The van der Waals surface area contributed by atoms with E-state index in [1.165, 1.54) is 17.3 Å². The molecule has 0 aliphatic rings. The molecule has 0 aliphatic heterocycles. The number of aromatic nitrogens is 3. The van der Waals surface area contributed by atoms with Crippen molar-refractivity contribution in [2.24, 2.45) is 0 Å². The molecule has 0 unspecified atom stereocenters. The third-order valence-electron chi connectivity index (χ3n) is 3.97. The molecule has 0 aliphatic carbocycles. The number of thiophene rings is 1. The molecule has 0 bridgehead atoms. The Hall–Kier alpha value is -2.77. The highest BCUT2D eigenvalue weighted by atomic mass is 32.2. The molecule has 3 aromatic heterocycles. The second kappa shape index (κ2) is 7.85. The van der Waals surface area contributed by atoms with E-state index in [2.05, 4.69) is 56.8 Å². The monoisotopic (exact) mass is 392 g/mol. The second-order valence-electron chi connectivity index (χ2n) is 5.93. The molecule has 134 valence electrons. The fraction of sp³-hybridized carbons (Fsp3) is 0.100. The Balaban J connectivity index is 1.57. The first-order valence-corrected chi connectivity index (χ1v) is 10.2. The minimum absolute atomic E-state index is 0.113. The number of amides is 1. The van der Waals surface area contributed by atoms with Crippen LogP contribution in [0.1, 0.15) is 5.56 Å². The molecule has 4 rings (SSSR count). The number of anilines is 1. The van der Waals surface area contributed by atoms with E-state index >= 15 is 0 Å². The molecule has 7 heteroatoms. The summed E-state index contributed by atoms with van der Waals surface area (Å²) in [7, 11) is 0. The van der Waals surface area contributed by atoms with Gasteiger partial charge in [-0.2, -0.15) is 0 Å². The van der Waals surface area contributed by atoms with Crippen molar-refractivity contribution in [1.82, 2.24) is 15.0 Å². The van der Waals surface area contributed by atoms with Gasteiger partial charge in [-0.15, -0.1) is 11.3 Å². The Kier molecular flexibility index (Phi) is 5.13. The Bertz CT molecular complexity index is 1080. The van der Waals surface area contributed by atoms with Crippen molar-refractivity contribution in [2.75, 3.05) is 11.1 Å². The summed E-state index contributed by atoms with van der Waals surface area (Å²) in [5, 5.41) is 6.71. The van der Waals surface area contributed by atoms with Gasteiger partial charge in [-0.25, -0.2) is 15.0 Å². The van der Waals surface area contributed by atoms with Gasteiger partial charge in [0.05, 0.1) is 11.1 Å². The van der Waals surface area contributed by atoms with Gasteiger partial charge >= 0.3 is 0 Å². The van der Waals surface area contributed by atoms with E-state index in [9.17, 15) is 4.79 Å². The summed E-state index contributed by atoms with van der Waals surface area (Å²) in [6.45, 7) is 2.07. The van der Waals surface area contributed by atoms with Crippen LogP contribution < -0.4 is 5.32 Å². The number of thioether (sulfide) groups is 1. The van der Waals surface area contributed by atoms with Gasteiger partial charge in [0.25, 0.3) is 0 Å². The van der Waals surface area contributed by atoms with Gasteiger partial charge in [0.2, 0.25) is 5.91 Å². The maximum atomic E-state index is 12.2. The molecule has 3 heterocycles. The summed E-state index contributed by atoms with van der Waals surface area (Å²) < 4.78 is 0. The van der Waals surface area contributed by atoms with Gasteiger partial charge < -0.3 is 5.32 Å². The van der Waals surface area contributed by atoms with Gasteiger partial charge in [-0.1, -0.05) is 47.7 Å². The van der Waals surface area contributed by atoms with E-state index < -0.39 is 0 Å². The van der Waals surface area contributed by atoms with Gasteiger partial charge in [0, 0.05) is 17.1 Å². The number of rotatable bonds is 5. The zero-order chi connectivity index (χ0) is 18.6. The Morgan fingerprint density at radius 1 is 1.11 bits per heavy atom. The molecule has 0 saturated carbocycles. The van der Waals surface area contributed by atoms with Crippen LogP contribution in [0.3, 0.4) is 0 Å². The minimum atomic E-state index is -0.113. The molecular weight excluding hydrogens is 376 g/mol. The van der Waals surface area contributed by atoms with Crippen molar-refractivity contribution in [3.63, 3.8) is 0 Å².